The molecule has 0 heterocycles. The Morgan fingerprint density at radius 1 is 0.833 bits per heavy atom. The van der Waals surface area contributed by atoms with Crippen molar-refractivity contribution in [1.29, 1.82) is 0 Å². The smallest absolute Gasteiger partial charge is 0.369 e. The maximum atomic E-state index is 12.8. The fourth-order valence-electron chi connectivity index (χ4n) is 2.92. The van der Waals surface area contributed by atoms with E-state index in [0.29, 0.717) is 11.4 Å². The first kappa shape index (κ1) is 28.2. The second-order valence-electron chi connectivity index (χ2n) is 6.94. The van der Waals surface area contributed by atoms with Crippen LogP contribution in [0.4, 0.5) is 17.1 Å². The third kappa shape index (κ3) is 7.01. The van der Waals surface area contributed by atoms with Gasteiger partial charge >= 0.3 is 23.6 Å². The maximum absolute atomic E-state index is 12.8. The maximum Gasteiger partial charge on any atom is 0.369 e. The van der Waals surface area contributed by atoms with Crippen molar-refractivity contribution >= 4 is 52.5 Å². The molecule has 0 unspecified atom stereocenters. The Labute approximate surface area is 213 Å². The van der Waals surface area contributed by atoms with Crippen molar-refractivity contribution in [1.82, 2.24) is 5.32 Å². The number of carbonyl (C=O) groups excluding carboxylic acids is 4. The lowest BCUT2D eigenvalue weighted by atomic mass is 10.1. The highest BCUT2D eigenvalue weighted by atomic mass is 35.5. The van der Waals surface area contributed by atoms with Crippen molar-refractivity contribution < 1.29 is 33.4 Å². The van der Waals surface area contributed by atoms with Gasteiger partial charge < -0.3 is 24.8 Å². The van der Waals surface area contributed by atoms with Gasteiger partial charge in [0, 0.05) is 0 Å². The highest BCUT2D eigenvalue weighted by molar-refractivity contribution is 6.28. The minimum Gasteiger partial charge on any atom is -0.462 e. The second-order valence-corrected chi connectivity index (χ2v) is 7.21. The van der Waals surface area contributed by atoms with E-state index in [1.54, 1.807) is 55.5 Å². The molecule has 1 amide bonds. The number of amides is 1. The van der Waals surface area contributed by atoms with Gasteiger partial charge in [-0.2, -0.15) is 5.11 Å². The van der Waals surface area contributed by atoms with E-state index in [4.69, 9.17) is 25.8 Å². The first-order chi connectivity index (χ1) is 17.3. The van der Waals surface area contributed by atoms with Crippen molar-refractivity contribution in [2.75, 3.05) is 31.0 Å². The third-order valence-corrected chi connectivity index (χ3v) is 4.73. The van der Waals surface area contributed by atoms with Crippen LogP contribution in [0.1, 0.15) is 31.1 Å². The summed E-state index contributed by atoms with van der Waals surface area (Å²) in [5, 5.41) is 13.2. The van der Waals surface area contributed by atoms with E-state index < -0.39 is 35.4 Å². The van der Waals surface area contributed by atoms with Crippen LogP contribution in [0.5, 0.6) is 0 Å². The lowest BCUT2D eigenvalue weighted by molar-refractivity contribution is -0.167. The van der Waals surface area contributed by atoms with E-state index >= 15 is 0 Å². The van der Waals surface area contributed by atoms with Crippen LogP contribution < -0.4 is 10.6 Å². The molecule has 0 spiro atoms. The number of para-hydroxylation sites is 2. The van der Waals surface area contributed by atoms with Gasteiger partial charge in [0.2, 0.25) is 5.91 Å². The number of nitrogens with one attached hydrogen (secondary N) is 2. The summed E-state index contributed by atoms with van der Waals surface area (Å²) in [4.78, 5) is 50.1. The van der Waals surface area contributed by atoms with Crippen LogP contribution in [-0.2, 0) is 28.6 Å². The van der Waals surface area contributed by atoms with Crippen LogP contribution >= 0.6 is 11.6 Å². The van der Waals surface area contributed by atoms with E-state index in [-0.39, 0.29) is 31.1 Å². The molecule has 0 aliphatic rings. The number of azo groups is 1. The quantitative estimate of drug-likeness (QED) is 0.142. The summed E-state index contributed by atoms with van der Waals surface area (Å²) in [6.07, 6.45) is 0. The molecule has 0 bridgehead atoms. The zero-order valence-corrected chi connectivity index (χ0v) is 20.8. The fourth-order valence-corrected chi connectivity index (χ4v) is 2.98. The van der Waals surface area contributed by atoms with Crippen LogP contribution in [0, 0.1) is 0 Å². The molecule has 192 valence electrons. The SMILES string of the molecule is CCOC(=O)c1ccccc1Nc1ccccc1N=NC(NC(=O)CCl)(C(=O)OCC)C(=O)OCC. The summed E-state index contributed by atoms with van der Waals surface area (Å²) in [6, 6.07) is 13.2. The number of hydrogen-bond donors (Lipinski definition) is 2. The topological polar surface area (TPSA) is 145 Å². The number of hydrogen-bond acceptors (Lipinski definition) is 10. The van der Waals surface area contributed by atoms with Crippen molar-refractivity contribution in [3.63, 3.8) is 0 Å². The normalized spacial score (nSPS) is 11.0. The molecule has 0 aliphatic carbocycles. The number of anilines is 2. The summed E-state index contributed by atoms with van der Waals surface area (Å²) in [5.74, 6) is -4.33. The Balaban J connectivity index is 2.54. The van der Waals surface area contributed by atoms with Crippen LogP contribution in [0.15, 0.2) is 58.8 Å². The zero-order valence-electron chi connectivity index (χ0n) is 20.1. The standard InChI is InChI=1S/C24H27ClN4O7/c1-4-34-21(31)16-11-7-8-12-17(16)26-18-13-9-10-14-19(18)28-29-24(22(32)35-5-2,23(33)36-6-3)27-20(30)15-25/h7-14,26H,4-6,15H2,1-3H3,(H,27,30). The summed E-state index contributed by atoms with van der Waals surface area (Å²) < 4.78 is 15.1. The molecule has 36 heavy (non-hydrogen) atoms. The van der Waals surface area contributed by atoms with E-state index in [1.165, 1.54) is 13.8 Å². The van der Waals surface area contributed by atoms with Gasteiger partial charge in [0.25, 0.3) is 0 Å². The molecule has 2 rings (SSSR count). The highest BCUT2D eigenvalue weighted by Gasteiger charge is 2.52. The largest absolute Gasteiger partial charge is 0.462 e. The second kappa shape index (κ2) is 13.8. The van der Waals surface area contributed by atoms with Crippen LogP contribution in [0.25, 0.3) is 0 Å². The summed E-state index contributed by atoms with van der Waals surface area (Å²) in [6.45, 7) is 4.74. The van der Waals surface area contributed by atoms with Crippen LogP contribution in [0.3, 0.4) is 0 Å². The first-order valence-corrected chi connectivity index (χ1v) is 11.6. The van der Waals surface area contributed by atoms with Gasteiger partial charge in [-0.25, -0.2) is 14.4 Å². The minimum absolute atomic E-state index is 0.102. The predicted octanol–water partition coefficient (Wildman–Crippen LogP) is 3.87. The molecule has 2 aromatic rings. The van der Waals surface area contributed by atoms with Gasteiger partial charge in [-0.3, -0.25) is 4.79 Å². The Hall–Kier alpha value is -3.99. The van der Waals surface area contributed by atoms with Gasteiger partial charge in [-0.05, 0) is 45.0 Å². The molecule has 2 N–H and O–H groups in total. The zero-order chi connectivity index (χ0) is 26.6. The first-order valence-electron chi connectivity index (χ1n) is 11.1. The van der Waals surface area contributed by atoms with Gasteiger partial charge in [0.1, 0.15) is 11.6 Å². The third-order valence-electron chi connectivity index (χ3n) is 4.49. The Morgan fingerprint density at radius 3 is 1.97 bits per heavy atom. The molecule has 0 atom stereocenters. The molecular formula is C24H27ClN4O7. The molecule has 11 nitrogen and oxygen atoms in total. The lowest BCUT2D eigenvalue weighted by Gasteiger charge is -2.24. The molecule has 0 saturated carbocycles. The average Bonchev–Trinajstić information content (AvgIpc) is 2.87. The number of rotatable bonds is 12. The van der Waals surface area contributed by atoms with Gasteiger partial charge in [0.05, 0.1) is 36.8 Å². The molecule has 0 aliphatic heterocycles. The van der Waals surface area contributed by atoms with Crippen LogP contribution in [0.2, 0.25) is 0 Å². The van der Waals surface area contributed by atoms with E-state index in [2.05, 4.69) is 20.9 Å². The number of alkyl halides is 1. The minimum atomic E-state index is -2.62. The van der Waals surface area contributed by atoms with Crippen molar-refractivity contribution in [2.24, 2.45) is 10.2 Å². The predicted molar refractivity (Wildman–Crippen MR) is 131 cm³/mol. The molecule has 0 fully saturated rings. The Kier molecular flexibility index (Phi) is 10.8. The Morgan fingerprint density at radius 2 is 1.39 bits per heavy atom. The van der Waals surface area contributed by atoms with Gasteiger partial charge in [-0.1, -0.05) is 24.3 Å². The van der Waals surface area contributed by atoms with Gasteiger partial charge in [0.15, 0.2) is 0 Å². The molecule has 0 aromatic heterocycles. The monoisotopic (exact) mass is 518 g/mol. The lowest BCUT2D eigenvalue weighted by Crippen LogP contribution is -2.60. The summed E-state index contributed by atoms with van der Waals surface area (Å²) >= 11 is 5.58. The fraction of sp³-hybridized carbons (Fsp3) is 0.333. The van der Waals surface area contributed by atoms with Crippen molar-refractivity contribution in [3.8, 4) is 0 Å². The van der Waals surface area contributed by atoms with E-state index in [1.807, 2.05) is 0 Å². The average molecular weight is 519 g/mol. The number of ether oxygens (including phenoxy) is 3. The number of nitrogens with zero attached hydrogens (tertiary/aromatic N) is 2. The number of benzene rings is 2. The van der Waals surface area contributed by atoms with Crippen molar-refractivity contribution in [2.45, 2.75) is 26.4 Å². The summed E-state index contributed by atoms with van der Waals surface area (Å²) in [7, 11) is 0. The summed E-state index contributed by atoms with van der Waals surface area (Å²) in [5.41, 5.74) is -1.35. The number of halogens is 1. The van der Waals surface area contributed by atoms with E-state index in [9.17, 15) is 19.2 Å². The molecular weight excluding hydrogens is 492 g/mol. The molecule has 0 saturated heterocycles. The van der Waals surface area contributed by atoms with Gasteiger partial charge in [-0.15, -0.1) is 16.7 Å². The highest BCUT2D eigenvalue weighted by Crippen LogP contribution is 2.31. The molecule has 12 heteroatoms. The van der Waals surface area contributed by atoms with Crippen LogP contribution in [-0.4, -0.2) is 55.2 Å². The van der Waals surface area contributed by atoms with Crippen molar-refractivity contribution in [3.05, 3.63) is 54.1 Å². The number of carbonyl (C=O) groups is 4. The van der Waals surface area contributed by atoms with E-state index in [0.717, 1.165) is 0 Å². The number of esters is 3. The molecule has 2 aromatic carbocycles. The molecule has 0 radical (unpaired) electrons. The Bertz CT molecular complexity index is 1110.